The summed E-state index contributed by atoms with van der Waals surface area (Å²) in [5.41, 5.74) is 1.78. The highest BCUT2D eigenvalue weighted by molar-refractivity contribution is 6.18. The zero-order chi connectivity index (χ0) is 14.5. The number of methoxy groups -OCH3 is 1. The van der Waals surface area contributed by atoms with Crippen molar-refractivity contribution in [2.24, 2.45) is 0 Å². The van der Waals surface area contributed by atoms with Gasteiger partial charge in [0.1, 0.15) is 5.75 Å². The van der Waals surface area contributed by atoms with Crippen molar-refractivity contribution in [3.63, 3.8) is 0 Å². The molecule has 1 aliphatic heterocycles. The lowest BCUT2D eigenvalue weighted by molar-refractivity contribution is 0.159. The van der Waals surface area contributed by atoms with Crippen LogP contribution in [0.25, 0.3) is 0 Å². The molecule has 0 aliphatic carbocycles. The molecule has 0 fully saturated rings. The van der Waals surface area contributed by atoms with Crippen LogP contribution in [0.3, 0.4) is 0 Å². The van der Waals surface area contributed by atoms with Crippen molar-refractivity contribution >= 4 is 29.1 Å². The Balaban J connectivity index is 2.35. The van der Waals surface area contributed by atoms with Gasteiger partial charge in [-0.15, -0.1) is 11.6 Å². The molecular formula is C14H19ClN2O3. The molecule has 6 heteroatoms. The second-order valence-electron chi connectivity index (χ2n) is 4.38. The summed E-state index contributed by atoms with van der Waals surface area (Å²) in [4.78, 5) is 15.8. The topological polar surface area (TPSA) is 42.0 Å². The van der Waals surface area contributed by atoms with Crippen LogP contribution in [0.15, 0.2) is 18.2 Å². The van der Waals surface area contributed by atoms with Crippen LogP contribution in [-0.2, 0) is 4.74 Å². The van der Waals surface area contributed by atoms with Crippen LogP contribution < -0.4 is 14.5 Å². The van der Waals surface area contributed by atoms with Gasteiger partial charge in [0.25, 0.3) is 0 Å². The van der Waals surface area contributed by atoms with E-state index in [-0.39, 0.29) is 6.09 Å². The number of rotatable bonds is 4. The second-order valence-corrected chi connectivity index (χ2v) is 4.76. The monoisotopic (exact) mass is 298 g/mol. The number of ether oxygens (including phenoxy) is 2. The molecule has 0 spiro atoms. The number of nitrogens with zero attached hydrogens (tertiary/aromatic N) is 2. The molecule has 0 atom stereocenters. The lowest BCUT2D eigenvalue weighted by atomic mass is 10.1. The summed E-state index contributed by atoms with van der Waals surface area (Å²) in [6.07, 6.45) is -0.315. The van der Waals surface area contributed by atoms with Crippen molar-refractivity contribution < 1.29 is 14.3 Å². The number of halogens is 1. The van der Waals surface area contributed by atoms with Crippen molar-refractivity contribution in [1.82, 2.24) is 0 Å². The van der Waals surface area contributed by atoms with Crippen molar-refractivity contribution in [2.75, 3.05) is 49.0 Å². The quantitative estimate of drug-likeness (QED) is 0.802. The van der Waals surface area contributed by atoms with Gasteiger partial charge in [-0.25, -0.2) is 4.79 Å². The molecule has 1 amide bonds. The average molecular weight is 299 g/mol. The van der Waals surface area contributed by atoms with Gasteiger partial charge in [0.2, 0.25) is 0 Å². The van der Waals surface area contributed by atoms with E-state index in [1.54, 1.807) is 18.9 Å². The molecule has 20 heavy (non-hydrogen) atoms. The highest BCUT2D eigenvalue weighted by Gasteiger charge is 2.27. The first kappa shape index (κ1) is 14.8. The zero-order valence-electron chi connectivity index (χ0n) is 11.8. The average Bonchev–Trinajstić information content (AvgIpc) is 2.47. The molecule has 5 nitrogen and oxygen atoms in total. The smallest absolute Gasteiger partial charge is 0.414 e. The third-order valence-corrected chi connectivity index (χ3v) is 3.42. The number of amides is 1. The molecule has 0 saturated carbocycles. The van der Waals surface area contributed by atoms with Crippen molar-refractivity contribution in [1.29, 1.82) is 0 Å². The number of hydrogen-bond acceptors (Lipinski definition) is 4. The van der Waals surface area contributed by atoms with Gasteiger partial charge in [0.15, 0.2) is 0 Å². The van der Waals surface area contributed by atoms with E-state index in [4.69, 9.17) is 21.1 Å². The molecular weight excluding hydrogens is 280 g/mol. The predicted molar refractivity (Wildman–Crippen MR) is 80.3 cm³/mol. The summed E-state index contributed by atoms with van der Waals surface area (Å²) in [7, 11) is 1.62. The summed E-state index contributed by atoms with van der Waals surface area (Å²) in [6, 6.07) is 5.65. The molecule has 2 rings (SSSR count). The lowest BCUT2D eigenvalue weighted by Gasteiger charge is -2.37. The Kier molecular flexibility index (Phi) is 4.95. The molecule has 1 aromatic carbocycles. The first-order valence-corrected chi connectivity index (χ1v) is 7.18. The van der Waals surface area contributed by atoms with Gasteiger partial charge in [-0.1, -0.05) is 0 Å². The molecule has 0 radical (unpaired) electrons. The maximum atomic E-state index is 12.0. The summed E-state index contributed by atoms with van der Waals surface area (Å²) < 4.78 is 10.4. The third-order valence-electron chi connectivity index (χ3n) is 3.25. The van der Waals surface area contributed by atoms with Crippen LogP contribution in [0.2, 0.25) is 0 Å². The van der Waals surface area contributed by atoms with Gasteiger partial charge >= 0.3 is 6.09 Å². The largest absolute Gasteiger partial charge is 0.497 e. The van der Waals surface area contributed by atoms with E-state index in [0.29, 0.717) is 19.0 Å². The van der Waals surface area contributed by atoms with Crippen LogP contribution in [-0.4, -0.2) is 45.3 Å². The fourth-order valence-corrected chi connectivity index (χ4v) is 2.50. The third kappa shape index (κ3) is 2.93. The summed E-state index contributed by atoms with van der Waals surface area (Å²) in [5.74, 6) is 1.30. The fourth-order valence-electron chi connectivity index (χ4n) is 2.30. The van der Waals surface area contributed by atoms with E-state index in [1.807, 2.05) is 18.2 Å². The van der Waals surface area contributed by atoms with Gasteiger partial charge in [-0.3, -0.25) is 4.90 Å². The van der Waals surface area contributed by atoms with Gasteiger partial charge < -0.3 is 14.4 Å². The van der Waals surface area contributed by atoms with Crippen molar-refractivity contribution in [3.8, 4) is 5.75 Å². The molecule has 0 N–H and O–H groups in total. The molecule has 110 valence electrons. The number of carbonyl (C=O) groups is 1. The highest BCUT2D eigenvalue weighted by atomic mass is 35.5. The van der Waals surface area contributed by atoms with E-state index >= 15 is 0 Å². The second kappa shape index (κ2) is 6.70. The molecule has 0 saturated heterocycles. The van der Waals surface area contributed by atoms with Gasteiger partial charge in [0.05, 0.1) is 25.1 Å². The molecule has 0 unspecified atom stereocenters. The number of benzene rings is 1. The summed E-state index contributed by atoms with van der Waals surface area (Å²) in [6.45, 7) is 4.22. The van der Waals surface area contributed by atoms with E-state index in [2.05, 4.69) is 4.90 Å². The molecule has 0 bridgehead atoms. The van der Waals surface area contributed by atoms with Crippen molar-refractivity contribution in [3.05, 3.63) is 18.2 Å². The SMILES string of the molecule is CCOC(=O)N1CCN(CCCl)c2cc(OC)ccc21. The number of hydrogen-bond donors (Lipinski definition) is 0. The Morgan fingerprint density at radius 1 is 1.35 bits per heavy atom. The molecule has 0 aromatic heterocycles. The normalized spacial score (nSPS) is 13.9. The maximum Gasteiger partial charge on any atom is 0.414 e. The van der Waals surface area contributed by atoms with Crippen LogP contribution in [0.4, 0.5) is 16.2 Å². The molecule has 1 aliphatic rings. The predicted octanol–water partition coefficient (Wildman–Crippen LogP) is 2.72. The number of carbonyl (C=O) groups excluding carboxylic acids is 1. The molecule has 1 heterocycles. The first-order valence-electron chi connectivity index (χ1n) is 6.64. The van der Waals surface area contributed by atoms with Crippen LogP contribution in [0.1, 0.15) is 6.92 Å². The summed E-state index contributed by atoms with van der Waals surface area (Å²) >= 11 is 5.85. The Bertz CT molecular complexity index is 481. The highest BCUT2D eigenvalue weighted by Crippen LogP contribution is 2.36. The van der Waals surface area contributed by atoms with Crippen LogP contribution >= 0.6 is 11.6 Å². The van der Waals surface area contributed by atoms with Gasteiger partial charge in [0, 0.05) is 31.6 Å². The Hall–Kier alpha value is -1.62. The minimum absolute atomic E-state index is 0.315. The van der Waals surface area contributed by atoms with Crippen molar-refractivity contribution in [2.45, 2.75) is 6.92 Å². The Morgan fingerprint density at radius 3 is 2.80 bits per heavy atom. The van der Waals surface area contributed by atoms with E-state index < -0.39 is 0 Å². The lowest BCUT2D eigenvalue weighted by Crippen LogP contribution is -2.45. The first-order chi connectivity index (χ1) is 9.71. The number of fused-ring (bicyclic) bond motifs is 1. The van der Waals surface area contributed by atoms with E-state index in [9.17, 15) is 4.79 Å². The Morgan fingerprint density at radius 2 is 2.15 bits per heavy atom. The standard InChI is InChI=1S/C14H19ClN2O3/c1-3-20-14(18)17-9-8-16(7-6-15)13-10-11(19-2)4-5-12(13)17/h4-5,10H,3,6-9H2,1-2H3. The summed E-state index contributed by atoms with van der Waals surface area (Å²) in [5, 5.41) is 0. The van der Waals surface area contributed by atoms with Gasteiger partial charge in [-0.05, 0) is 19.1 Å². The van der Waals surface area contributed by atoms with Crippen LogP contribution in [0.5, 0.6) is 5.75 Å². The number of anilines is 2. The minimum atomic E-state index is -0.315. The Labute approximate surface area is 124 Å². The van der Waals surface area contributed by atoms with Gasteiger partial charge in [-0.2, -0.15) is 0 Å². The number of alkyl halides is 1. The fraction of sp³-hybridized carbons (Fsp3) is 0.500. The molecule has 1 aromatic rings. The van der Waals surface area contributed by atoms with Crippen LogP contribution in [0, 0.1) is 0 Å². The maximum absolute atomic E-state index is 12.0. The van der Waals surface area contributed by atoms with E-state index in [1.165, 1.54) is 0 Å². The zero-order valence-corrected chi connectivity index (χ0v) is 12.5. The minimum Gasteiger partial charge on any atom is -0.497 e. The van der Waals surface area contributed by atoms with E-state index in [0.717, 1.165) is 30.2 Å².